The predicted octanol–water partition coefficient (Wildman–Crippen LogP) is 4.68. The second-order valence-corrected chi connectivity index (χ2v) is 6.64. The lowest BCUT2D eigenvalue weighted by Gasteiger charge is -1.97. The molecule has 1 heterocycles. The van der Waals surface area contributed by atoms with E-state index >= 15 is 0 Å². The van der Waals surface area contributed by atoms with Gasteiger partial charge in [-0.15, -0.1) is 0 Å². The lowest BCUT2D eigenvalue weighted by atomic mass is 10.1. The van der Waals surface area contributed by atoms with Crippen molar-refractivity contribution in [2.45, 2.75) is 0 Å². The number of aromatic carboxylic acids is 2. The maximum atomic E-state index is 10.7. The summed E-state index contributed by atoms with van der Waals surface area (Å²) in [6.07, 6.45) is 1.78. The molecule has 0 unspecified atom stereocenters. The Morgan fingerprint density at radius 2 is 1.58 bits per heavy atom. The first kappa shape index (κ1) is 19.6. The predicted molar refractivity (Wildman–Crippen MR) is 101 cm³/mol. The first-order chi connectivity index (χ1) is 12.2. The van der Waals surface area contributed by atoms with E-state index in [9.17, 15) is 19.7 Å². The van der Waals surface area contributed by atoms with E-state index in [0.29, 0.717) is 5.56 Å². The van der Waals surface area contributed by atoms with Crippen molar-refractivity contribution in [2.75, 3.05) is 0 Å². The topological polar surface area (TPSA) is 134 Å². The number of benzene rings is 2. The number of hydrogen-bond acceptors (Lipinski definition) is 4. The molecule has 3 N–H and O–H groups in total. The summed E-state index contributed by atoms with van der Waals surface area (Å²) >= 11 is 6.21. The molecule has 0 aliphatic rings. The van der Waals surface area contributed by atoms with Crippen LogP contribution in [0.15, 0.2) is 51.5 Å². The maximum Gasteiger partial charge on any atom is 0.335 e. The van der Waals surface area contributed by atoms with Crippen LogP contribution in [0, 0.1) is 10.1 Å². The Morgan fingerprint density at radius 1 is 0.962 bits per heavy atom. The van der Waals surface area contributed by atoms with Crippen molar-refractivity contribution in [3.8, 4) is 0 Å². The number of carboxylic acid groups (broad SMARTS) is 2. The number of halogens is 2. The Kier molecular flexibility index (Phi) is 6.11. The summed E-state index contributed by atoms with van der Waals surface area (Å²) < 4.78 is 0.935. The van der Waals surface area contributed by atoms with E-state index in [-0.39, 0.29) is 15.7 Å². The summed E-state index contributed by atoms with van der Waals surface area (Å²) in [5.74, 6) is -2.03. The van der Waals surface area contributed by atoms with Gasteiger partial charge in [-0.1, -0.05) is 0 Å². The summed E-state index contributed by atoms with van der Waals surface area (Å²) in [6, 6.07) is 8.59. The van der Waals surface area contributed by atoms with Crippen LogP contribution in [-0.4, -0.2) is 32.1 Å². The minimum atomic E-state index is -1.12. The molecule has 1 aromatic heterocycles. The number of nitrogens with zero attached hydrogens (tertiary/aromatic N) is 1. The standard InChI is InChI=1S/C9H6BrNO2.C7H4BrNO4/c10-7-4-6(9(12)13)3-5-1-2-11-8(5)7;8-5-3-4(7(10)11)1-2-6(5)9(12)13/h1-4,11H,(H,12,13);1-3H,(H,10,11). The van der Waals surface area contributed by atoms with E-state index < -0.39 is 16.9 Å². The smallest absolute Gasteiger partial charge is 0.335 e. The van der Waals surface area contributed by atoms with E-state index in [2.05, 4.69) is 36.8 Å². The number of aromatic nitrogens is 1. The molecule has 0 radical (unpaired) electrons. The summed E-state index contributed by atoms with van der Waals surface area (Å²) in [6.45, 7) is 0. The Balaban J connectivity index is 0.000000187. The van der Waals surface area contributed by atoms with Gasteiger partial charge in [-0.05, 0) is 62.2 Å². The molecule has 26 heavy (non-hydrogen) atoms. The molecule has 3 rings (SSSR count). The van der Waals surface area contributed by atoms with E-state index in [1.54, 1.807) is 18.3 Å². The summed E-state index contributed by atoms with van der Waals surface area (Å²) in [7, 11) is 0. The molecule has 0 bridgehead atoms. The second-order valence-electron chi connectivity index (χ2n) is 4.93. The van der Waals surface area contributed by atoms with Gasteiger partial charge in [0.1, 0.15) is 0 Å². The van der Waals surface area contributed by atoms with Gasteiger partial charge in [-0.25, -0.2) is 9.59 Å². The number of nitro benzene ring substituents is 1. The van der Waals surface area contributed by atoms with Crippen LogP contribution in [0.1, 0.15) is 20.7 Å². The third-order valence-corrected chi connectivity index (χ3v) is 4.51. The van der Waals surface area contributed by atoms with Gasteiger partial charge < -0.3 is 15.2 Å². The molecule has 0 spiro atoms. The van der Waals surface area contributed by atoms with Crippen LogP contribution in [0.2, 0.25) is 0 Å². The summed E-state index contributed by atoms with van der Waals surface area (Å²) in [5.41, 5.74) is 1.08. The molecule has 10 heteroatoms. The monoisotopic (exact) mass is 484 g/mol. The van der Waals surface area contributed by atoms with Crippen LogP contribution < -0.4 is 0 Å². The Hall–Kier alpha value is -2.72. The fraction of sp³-hybridized carbons (Fsp3) is 0. The fourth-order valence-electron chi connectivity index (χ4n) is 2.04. The molecule has 0 amide bonds. The molecule has 8 nitrogen and oxygen atoms in total. The Bertz CT molecular complexity index is 1020. The van der Waals surface area contributed by atoms with Gasteiger partial charge in [0.25, 0.3) is 5.69 Å². The highest BCUT2D eigenvalue weighted by molar-refractivity contribution is 9.11. The van der Waals surface area contributed by atoms with Crippen LogP contribution in [0.4, 0.5) is 5.69 Å². The lowest BCUT2D eigenvalue weighted by Crippen LogP contribution is -1.97. The van der Waals surface area contributed by atoms with Crippen LogP contribution in [0.3, 0.4) is 0 Å². The van der Waals surface area contributed by atoms with Gasteiger partial charge >= 0.3 is 11.9 Å². The van der Waals surface area contributed by atoms with Crippen molar-refractivity contribution in [3.63, 3.8) is 0 Å². The highest BCUT2D eigenvalue weighted by Crippen LogP contribution is 2.25. The number of nitro groups is 1. The zero-order valence-electron chi connectivity index (χ0n) is 12.8. The second kappa shape index (κ2) is 8.11. The van der Waals surface area contributed by atoms with Gasteiger partial charge in [-0.3, -0.25) is 10.1 Å². The number of hydrogen-bond donors (Lipinski definition) is 3. The van der Waals surface area contributed by atoms with Gasteiger partial charge in [0.15, 0.2) is 0 Å². The Morgan fingerprint density at radius 3 is 2.12 bits per heavy atom. The number of fused-ring (bicyclic) bond motifs is 1. The van der Waals surface area contributed by atoms with Crippen molar-refractivity contribution in [1.29, 1.82) is 0 Å². The molecule has 2 aromatic carbocycles. The third kappa shape index (κ3) is 4.46. The van der Waals surface area contributed by atoms with Crippen molar-refractivity contribution in [2.24, 2.45) is 0 Å². The lowest BCUT2D eigenvalue weighted by molar-refractivity contribution is -0.385. The maximum absolute atomic E-state index is 10.7. The summed E-state index contributed by atoms with van der Waals surface area (Å²) in [4.78, 5) is 33.9. The van der Waals surface area contributed by atoms with Gasteiger partial charge in [0.05, 0.1) is 26.0 Å². The van der Waals surface area contributed by atoms with E-state index in [1.807, 2.05) is 6.07 Å². The van der Waals surface area contributed by atoms with Crippen molar-refractivity contribution in [3.05, 3.63) is 72.8 Å². The van der Waals surface area contributed by atoms with Crippen molar-refractivity contribution in [1.82, 2.24) is 4.98 Å². The minimum Gasteiger partial charge on any atom is -0.478 e. The zero-order chi connectivity index (χ0) is 19.4. The SMILES string of the molecule is O=C(O)c1cc(Br)c2[nH]ccc2c1.O=C(O)c1ccc([N+](=O)[O-])c(Br)c1. The van der Waals surface area contributed by atoms with Gasteiger partial charge in [0, 0.05) is 22.1 Å². The number of rotatable bonds is 3. The van der Waals surface area contributed by atoms with Crippen molar-refractivity contribution >= 4 is 60.4 Å². The van der Waals surface area contributed by atoms with Crippen LogP contribution in [0.25, 0.3) is 10.9 Å². The van der Waals surface area contributed by atoms with Gasteiger partial charge in [0.2, 0.25) is 0 Å². The molecular weight excluding hydrogens is 476 g/mol. The normalized spacial score (nSPS) is 10.1. The number of carbonyl (C=O) groups is 2. The molecule has 0 atom stereocenters. The largest absolute Gasteiger partial charge is 0.478 e. The first-order valence-corrected chi connectivity index (χ1v) is 8.46. The molecular formula is C16H10Br2N2O6. The molecule has 3 aromatic rings. The highest BCUT2D eigenvalue weighted by Gasteiger charge is 2.13. The van der Waals surface area contributed by atoms with Gasteiger partial charge in [-0.2, -0.15) is 0 Å². The average Bonchev–Trinajstić information content (AvgIpc) is 3.04. The zero-order valence-corrected chi connectivity index (χ0v) is 15.9. The first-order valence-electron chi connectivity index (χ1n) is 6.88. The number of nitrogens with one attached hydrogen (secondary N) is 1. The number of carboxylic acids is 2. The molecule has 0 aliphatic heterocycles. The third-order valence-electron chi connectivity index (χ3n) is 3.25. The molecule has 0 aliphatic carbocycles. The summed E-state index contributed by atoms with van der Waals surface area (Å²) in [5, 5.41) is 28.5. The molecule has 0 saturated heterocycles. The van der Waals surface area contributed by atoms with E-state index in [0.717, 1.165) is 21.4 Å². The minimum absolute atomic E-state index is 0.0116. The Labute approximate surface area is 162 Å². The van der Waals surface area contributed by atoms with Crippen LogP contribution in [0.5, 0.6) is 0 Å². The van der Waals surface area contributed by atoms with E-state index in [1.165, 1.54) is 12.1 Å². The van der Waals surface area contributed by atoms with Crippen LogP contribution in [-0.2, 0) is 0 Å². The van der Waals surface area contributed by atoms with Crippen LogP contribution >= 0.6 is 31.9 Å². The number of H-pyrrole nitrogens is 1. The quantitative estimate of drug-likeness (QED) is 0.364. The molecule has 0 saturated carbocycles. The number of aromatic amines is 1. The van der Waals surface area contributed by atoms with Crippen molar-refractivity contribution < 1.29 is 24.7 Å². The highest BCUT2D eigenvalue weighted by atomic mass is 79.9. The fourth-order valence-corrected chi connectivity index (χ4v) is 3.15. The molecule has 134 valence electrons. The average molecular weight is 486 g/mol. The molecule has 0 fully saturated rings. The van der Waals surface area contributed by atoms with E-state index in [4.69, 9.17) is 10.2 Å².